The van der Waals surface area contributed by atoms with Crippen molar-refractivity contribution in [2.75, 3.05) is 0 Å². The van der Waals surface area contributed by atoms with E-state index in [9.17, 15) is 9.90 Å². The summed E-state index contributed by atoms with van der Waals surface area (Å²) < 4.78 is 1.40. The van der Waals surface area contributed by atoms with Gasteiger partial charge in [0.2, 0.25) is 0 Å². The van der Waals surface area contributed by atoms with E-state index in [4.69, 9.17) is 0 Å². The van der Waals surface area contributed by atoms with Crippen LogP contribution in [0.1, 0.15) is 11.7 Å². The van der Waals surface area contributed by atoms with Crippen LogP contribution in [0.3, 0.4) is 0 Å². The average molecular weight is 267 g/mol. The molecule has 1 aromatic carbocycles. The molecule has 2 heterocycles. The third kappa shape index (κ3) is 2.31. The molecule has 3 aromatic rings. The number of hydrogen-bond acceptors (Lipinski definition) is 4. The van der Waals surface area contributed by atoms with Crippen LogP contribution in [0.4, 0.5) is 0 Å². The van der Waals surface area contributed by atoms with Gasteiger partial charge in [0.25, 0.3) is 5.56 Å². The Balaban J connectivity index is 1.96. The van der Waals surface area contributed by atoms with Crippen molar-refractivity contribution in [2.45, 2.75) is 12.6 Å². The summed E-state index contributed by atoms with van der Waals surface area (Å²) >= 11 is 0. The quantitative estimate of drug-likeness (QED) is 0.781. The van der Waals surface area contributed by atoms with Crippen molar-refractivity contribution < 1.29 is 5.11 Å². The van der Waals surface area contributed by atoms with Gasteiger partial charge in [-0.15, -0.1) is 0 Å². The molecule has 0 aliphatic heterocycles. The van der Waals surface area contributed by atoms with Crippen molar-refractivity contribution in [3.8, 4) is 0 Å². The first kappa shape index (κ1) is 12.5. The number of aliphatic hydroxyl groups excluding tert-OH is 1. The summed E-state index contributed by atoms with van der Waals surface area (Å²) in [5.74, 6) is 0. The molecule has 0 aliphatic carbocycles. The topological polar surface area (TPSA) is 68.0 Å². The lowest BCUT2D eigenvalue weighted by Crippen LogP contribution is -2.24. The lowest BCUT2D eigenvalue weighted by molar-refractivity contribution is 0.155. The van der Waals surface area contributed by atoms with E-state index in [1.54, 1.807) is 18.3 Å². The molecule has 2 aromatic heterocycles. The van der Waals surface area contributed by atoms with Gasteiger partial charge in [0.05, 0.1) is 18.0 Å². The maximum atomic E-state index is 12.3. The van der Waals surface area contributed by atoms with E-state index in [0.717, 1.165) is 5.56 Å². The number of rotatable bonds is 3. The number of benzene rings is 1. The molecule has 0 amide bonds. The molecule has 5 nitrogen and oxygen atoms in total. The summed E-state index contributed by atoms with van der Waals surface area (Å²) in [5.41, 5.74) is 0.992. The molecule has 0 saturated heterocycles. The third-order valence-electron chi connectivity index (χ3n) is 3.15. The van der Waals surface area contributed by atoms with Crippen molar-refractivity contribution >= 4 is 11.0 Å². The molecular weight excluding hydrogens is 254 g/mol. The fourth-order valence-electron chi connectivity index (χ4n) is 2.10. The summed E-state index contributed by atoms with van der Waals surface area (Å²) in [6.45, 7) is 0.167. The van der Waals surface area contributed by atoms with Crippen molar-refractivity contribution in [3.05, 3.63) is 70.9 Å². The maximum Gasteiger partial charge on any atom is 0.262 e. The van der Waals surface area contributed by atoms with Gasteiger partial charge in [-0.2, -0.15) is 0 Å². The van der Waals surface area contributed by atoms with Gasteiger partial charge in [0, 0.05) is 6.20 Å². The summed E-state index contributed by atoms with van der Waals surface area (Å²) in [4.78, 5) is 20.4. The van der Waals surface area contributed by atoms with E-state index in [1.165, 1.54) is 10.9 Å². The highest BCUT2D eigenvalue weighted by atomic mass is 16.3. The minimum Gasteiger partial charge on any atom is -0.387 e. The Bertz CT molecular complexity index is 784. The van der Waals surface area contributed by atoms with Crippen molar-refractivity contribution in [3.63, 3.8) is 0 Å². The number of nitrogens with zero attached hydrogens (tertiary/aromatic N) is 3. The summed E-state index contributed by atoms with van der Waals surface area (Å²) in [5, 5.41) is 10.6. The number of aromatic nitrogens is 3. The average Bonchev–Trinajstić information content (AvgIpc) is 2.51. The molecular formula is C15H13N3O2. The first-order valence-electron chi connectivity index (χ1n) is 6.29. The molecule has 1 N–H and O–H groups in total. The van der Waals surface area contributed by atoms with Crippen molar-refractivity contribution in [1.29, 1.82) is 0 Å². The van der Waals surface area contributed by atoms with E-state index >= 15 is 0 Å². The SMILES string of the molecule is O=c1c2cccnc2ncn1CC(O)c1ccccc1. The highest BCUT2D eigenvalue weighted by Crippen LogP contribution is 2.13. The number of hydrogen-bond donors (Lipinski definition) is 1. The molecule has 0 aliphatic rings. The normalized spacial score (nSPS) is 12.4. The largest absolute Gasteiger partial charge is 0.387 e. The Morgan fingerprint density at radius 2 is 1.90 bits per heavy atom. The molecule has 3 rings (SSSR count). The molecule has 0 radical (unpaired) electrons. The molecule has 0 fully saturated rings. The Morgan fingerprint density at radius 3 is 2.70 bits per heavy atom. The second-order valence-electron chi connectivity index (χ2n) is 4.50. The van der Waals surface area contributed by atoms with Crippen LogP contribution in [0.5, 0.6) is 0 Å². The summed E-state index contributed by atoms with van der Waals surface area (Å²) in [6, 6.07) is 12.6. The fourth-order valence-corrected chi connectivity index (χ4v) is 2.10. The van der Waals surface area contributed by atoms with Crippen LogP contribution < -0.4 is 5.56 Å². The Kier molecular flexibility index (Phi) is 3.26. The maximum absolute atomic E-state index is 12.3. The van der Waals surface area contributed by atoms with Gasteiger partial charge in [-0.1, -0.05) is 30.3 Å². The van der Waals surface area contributed by atoms with Gasteiger partial charge in [-0.25, -0.2) is 9.97 Å². The standard InChI is InChI=1S/C15H13N3O2/c19-13(11-5-2-1-3-6-11)9-18-10-17-14-12(15(18)20)7-4-8-16-14/h1-8,10,13,19H,9H2. The van der Waals surface area contributed by atoms with Crippen LogP contribution >= 0.6 is 0 Å². The van der Waals surface area contributed by atoms with Crippen LogP contribution in [-0.2, 0) is 6.54 Å². The second-order valence-corrected chi connectivity index (χ2v) is 4.50. The second kappa shape index (κ2) is 5.22. The van der Waals surface area contributed by atoms with Crippen LogP contribution in [0, 0.1) is 0 Å². The molecule has 0 saturated carbocycles. The number of fused-ring (bicyclic) bond motifs is 1. The van der Waals surface area contributed by atoms with Crippen LogP contribution in [0.25, 0.3) is 11.0 Å². The Hall–Kier alpha value is -2.53. The van der Waals surface area contributed by atoms with Gasteiger partial charge in [-0.05, 0) is 17.7 Å². The minimum atomic E-state index is -0.746. The van der Waals surface area contributed by atoms with Crippen LogP contribution in [0.15, 0.2) is 59.8 Å². The van der Waals surface area contributed by atoms with E-state index in [-0.39, 0.29) is 12.1 Å². The van der Waals surface area contributed by atoms with Gasteiger partial charge >= 0.3 is 0 Å². The predicted octanol–water partition coefficient (Wildman–Crippen LogP) is 1.53. The lowest BCUT2D eigenvalue weighted by Gasteiger charge is -2.12. The molecule has 100 valence electrons. The van der Waals surface area contributed by atoms with E-state index in [2.05, 4.69) is 9.97 Å². The first-order valence-corrected chi connectivity index (χ1v) is 6.29. The zero-order valence-electron chi connectivity index (χ0n) is 10.7. The predicted molar refractivity (Wildman–Crippen MR) is 75.2 cm³/mol. The highest BCUT2D eigenvalue weighted by molar-refractivity contribution is 5.72. The minimum absolute atomic E-state index is 0.167. The van der Waals surface area contributed by atoms with Gasteiger partial charge < -0.3 is 5.11 Å². The molecule has 0 bridgehead atoms. The van der Waals surface area contributed by atoms with E-state index < -0.39 is 6.10 Å². The fraction of sp³-hybridized carbons (Fsp3) is 0.133. The van der Waals surface area contributed by atoms with Crippen LogP contribution in [-0.4, -0.2) is 19.6 Å². The van der Waals surface area contributed by atoms with Crippen molar-refractivity contribution in [2.24, 2.45) is 0 Å². The zero-order chi connectivity index (χ0) is 13.9. The molecule has 20 heavy (non-hydrogen) atoms. The first-order chi connectivity index (χ1) is 9.75. The zero-order valence-corrected chi connectivity index (χ0v) is 10.7. The smallest absolute Gasteiger partial charge is 0.262 e. The molecule has 1 atom stereocenters. The van der Waals surface area contributed by atoms with E-state index in [0.29, 0.717) is 11.0 Å². The summed E-state index contributed by atoms with van der Waals surface area (Å²) in [7, 11) is 0. The monoisotopic (exact) mass is 267 g/mol. The third-order valence-corrected chi connectivity index (χ3v) is 3.15. The summed E-state index contributed by atoms with van der Waals surface area (Å²) in [6.07, 6.45) is 2.27. The number of pyridine rings is 1. The molecule has 5 heteroatoms. The van der Waals surface area contributed by atoms with Crippen molar-refractivity contribution in [1.82, 2.24) is 14.5 Å². The Labute approximate surface area is 115 Å². The molecule has 1 unspecified atom stereocenters. The Morgan fingerprint density at radius 1 is 1.10 bits per heavy atom. The van der Waals surface area contributed by atoms with Gasteiger partial charge in [0.1, 0.15) is 6.33 Å². The van der Waals surface area contributed by atoms with Gasteiger partial charge in [-0.3, -0.25) is 9.36 Å². The van der Waals surface area contributed by atoms with Crippen LogP contribution in [0.2, 0.25) is 0 Å². The highest BCUT2D eigenvalue weighted by Gasteiger charge is 2.10. The lowest BCUT2D eigenvalue weighted by atomic mass is 10.1. The molecule has 0 spiro atoms. The van der Waals surface area contributed by atoms with Gasteiger partial charge in [0.15, 0.2) is 5.65 Å². The van der Waals surface area contributed by atoms with E-state index in [1.807, 2.05) is 30.3 Å². The number of aliphatic hydroxyl groups is 1.